The van der Waals surface area contributed by atoms with E-state index in [0.717, 1.165) is 11.1 Å². The van der Waals surface area contributed by atoms with Crippen LogP contribution >= 0.6 is 0 Å². The summed E-state index contributed by atoms with van der Waals surface area (Å²) in [6, 6.07) is 10.5. The van der Waals surface area contributed by atoms with Crippen molar-refractivity contribution in [3.8, 4) is 11.1 Å². The number of Topliss-reactive ketones (excluding diaryl/α,β-unsaturated/α-hetero) is 1. The van der Waals surface area contributed by atoms with E-state index in [4.69, 9.17) is 9.47 Å². The van der Waals surface area contributed by atoms with Crippen LogP contribution in [0, 0.1) is 0 Å². The highest BCUT2D eigenvalue weighted by Crippen LogP contribution is 2.25. The molecule has 4 aromatic rings. The van der Waals surface area contributed by atoms with Gasteiger partial charge in [-0.2, -0.15) is 0 Å². The van der Waals surface area contributed by atoms with Crippen LogP contribution in [-0.4, -0.2) is 55.1 Å². The summed E-state index contributed by atoms with van der Waals surface area (Å²) in [5, 5.41) is 5.42. The van der Waals surface area contributed by atoms with E-state index in [2.05, 4.69) is 15.6 Å². The SMILES string of the molecule is COC(=O)c1cc(NC(=O)c2nc(CC(=O)c3cc(-c4ccc(NC(=O)OC(C)(C)C)cc4)cn3C)cn2C)cn1C. The molecular weight excluding hydrogens is 540 g/mol. The first kappa shape index (κ1) is 29.8. The van der Waals surface area contributed by atoms with Gasteiger partial charge in [0.15, 0.2) is 11.6 Å². The third-order valence-electron chi connectivity index (χ3n) is 6.28. The monoisotopic (exact) mass is 574 g/mol. The predicted molar refractivity (Wildman–Crippen MR) is 157 cm³/mol. The summed E-state index contributed by atoms with van der Waals surface area (Å²) in [7, 11) is 6.41. The number of carbonyl (C=O) groups excluding carboxylic acids is 4. The van der Waals surface area contributed by atoms with Gasteiger partial charge in [-0.15, -0.1) is 0 Å². The normalized spacial score (nSPS) is 11.2. The number of nitrogens with one attached hydrogen (secondary N) is 2. The number of amides is 2. The van der Waals surface area contributed by atoms with Crippen LogP contribution in [0.4, 0.5) is 16.2 Å². The standard InChI is InChI=1S/C30H34N6O6/c1-30(2,3)42-29(40)33-20-10-8-18(9-11-20)19-12-23(34(4)15-19)25(37)14-22-17-36(6)26(31-22)27(38)32-21-13-24(28(39)41-7)35(5)16-21/h8-13,15-17H,14H2,1-7H3,(H,32,38)(H,33,40). The summed E-state index contributed by atoms with van der Waals surface area (Å²) in [6.07, 6.45) is 4.54. The Balaban J connectivity index is 1.42. The highest BCUT2D eigenvalue weighted by atomic mass is 16.6. The first-order valence-electron chi connectivity index (χ1n) is 13.1. The van der Waals surface area contributed by atoms with Gasteiger partial charge >= 0.3 is 12.1 Å². The molecule has 0 saturated heterocycles. The van der Waals surface area contributed by atoms with Crippen molar-refractivity contribution in [3.05, 3.63) is 77.9 Å². The average Bonchev–Trinajstić information content (AvgIpc) is 3.58. The summed E-state index contributed by atoms with van der Waals surface area (Å²) >= 11 is 0. The minimum atomic E-state index is -0.597. The van der Waals surface area contributed by atoms with Crippen molar-refractivity contribution < 1.29 is 28.7 Å². The van der Waals surface area contributed by atoms with Crippen molar-refractivity contribution in [2.45, 2.75) is 32.8 Å². The van der Waals surface area contributed by atoms with Crippen LogP contribution in [0.3, 0.4) is 0 Å². The number of hydrogen-bond donors (Lipinski definition) is 2. The summed E-state index contributed by atoms with van der Waals surface area (Å²) in [5.74, 6) is -1.05. The molecule has 0 aliphatic rings. The molecule has 2 amide bonds. The fraction of sp³-hybridized carbons (Fsp3) is 0.300. The first-order valence-corrected chi connectivity index (χ1v) is 13.1. The molecule has 12 heteroatoms. The minimum absolute atomic E-state index is 0.00497. The van der Waals surface area contributed by atoms with Crippen molar-refractivity contribution in [3.63, 3.8) is 0 Å². The number of esters is 1. The van der Waals surface area contributed by atoms with Crippen LogP contribution in [0.2, 0.25) is 0 Å². The van der Waals surface area contributed by atoms with Gasteiger partial charge < -0.3 is 28.5 Å². The maximum Gasteiger partial charge on any atom is 0.412 e. The van der Waals surface area contributed by atoms with Crippen LogP contribution in [0.5, 0.6) is 0 Å². The van der Waals surface area contributed by atoms with Crippen LogP contribution in [-0.2, 0) is 37.0 Å². The van der Waals surface area contributed by atoms with Crippen LogP contribution < -0.4 is 10.6 Å². The molecule has 0 aliphatic carbocycles. The number of ether oxygens (including phenoxy) is 2. The van der Waals surface area contributed by atoms with Gasteiger partial charge in [-0.3, -0.25) is 14.9 Å². The number of rotatable bonds is 8. The van der Waals surface area contributed by atoms with Crippen LogP contribution in [0.15, 0.2) is 55.0 Å². The van der Waals surface area contributed by atoms with E-state index in [1.807, 2.05) is 18.3 Å². The van der Waals surface area contributed by atoms with Gasteiger partial charge in [-0.05, 0) is 50.6 Å². The molecule has 220 valence electrons. The number of aryl methyl sites for hydroxylation is 3. The van der Waals surface area contributed by atoms with E-state index in [9.17, 15) is 19.2 Å². The van der Waals surface area contributed by atoms with E-state index in [1.165, 1.54) is 13.2 Å². The van der Waals surface area contributed by atoms with E-state index in [0.29, 0.717) is 22.8 Å². The molecule has 4 rings (SSSR count). The molecule has 42 heavy (non-hydrogen) atoms. The number of aromatic nitrogens is 4. The number of carbonyl (C=O) groups is 4. The van der Waals surface area contributed by atoms with Crippen molar-refractivity contribution >= 4 is 35.1 Å². The Labute approximate surface area is 243 Å². The van der Waals surface area contributed by atoms with Gasteiger partial charge in [0.25, 0.3) is 5.91 Å². The van der Waals surface area contributed by atoms with Gasteiger partial charge in [0, 0.05) is 51.0 Å². The Bertz CT molecular complexity index is 1650. The smallest absolute Gasteiger partial charge is 0.412 e. The minimum Gasteiger partial charge on any atom is -0.464 e. The lowest BCUT2D eigenvalue weighted by Crippen LogP contribution is -2.27. The Kier molecular flexibility index (Phi) is 8.36. The Morgan fingerprint density at radius 2 is 1.48 bits per heavy atom. The van der Waals surface area contributed by atoms with Crippen LogP contribution in [0.1, 0.15) is 58.1 Å². The topological polar surface area (TPSA) is 138 Å². The lowest BCUT2D eigenvalue weighted by atomic mass is 10.1. The molecule has 0 bridgehead atoms. The number of imidazole rings is 1. The molecule has 0 saturated carbocycles. The Morgan fingerprint density at radius 1 is 0.810 bits per heavy atom. The highest BCUT2D eigenvalue weighted by molar-refractivity contribution is 6.03. The molecule has 3 heterocycles. The van der Waals surface area contributed by atoms with Crippen molar-refractivity contribution in [2.75, 3.05) is 17.7 Å². The van der Waals surface area contributed by atoms with Gasteiger partial charge in [0.1, 0.15) is 11.3 Å². The number of ketones is 1. The highest BCUT2D eigenvalue weighted by Gasteiger charge is 2.21. The quantitative estimate of drug-likeness (QED) is 0.232. The van der Waals surface area contributed by atoms with Gasteiger partial charge in [-0.25, -0.2) is 14.6 Å². The zero-order valence-electron chi connectivity index (χ0n) is 24.6. The summed E-state index contributed by atoms with van der Waals surface area (Å²) in [5.41, 5.74) is 3.31. The second kappa shape index (κ2) is 11.8. The van der Waals surface area contributed by atoms with E-state index in [1.54, 1.807) is 86.2 Å². The predicted octanol–water partition coefficient (Wildman–Crippen LogP) is 4.58. The largest absolute Gasteiger partial charge is 0.464 e. The maximum absolute atomic E-state index is 13.2. The molecule has 0 spiro atoms. The molecule has 2 N–H and O–H groups in total. The second-order valence-electron chi connectivity index (χ2n) is 10.9. The zero-order chi connectivity index (χ0) is 30.8. The molecule has 0 radical (unpaired) electrons. The fourth-order valence-corrected chi connectivity index (χ4v) is 4.37. The summed E-state index contributed by atoms with van der Waals surface area (Å²) in [4.78, 5) is 54.3. The van der Waals surface area contributed by atoms with Crippen molar-refractivity contribution in [1.29, 1.82) is 0 Å². The summed E-state index contributed by atoms with van der Waals surface area (Å²) < 4.78 is 14.9. The average molecular weight is 575 g/mol. The van der Waals surface area contributed by atoms with Crippen LogP contribution in [0.25, 0.3) is 11.1 Å². The zero-order valence-corrected chi connectivity index (χ0v) is 24.6. The van der Waals surface area contributed by atoms with Crippen molar-refractivity contribution in [1.82, 2.24) is 18.7 Å². The third kappa shape index (κ3) is 6.95. The lowest BCUT2D eigenvalue weighted by molar-refractivity contribution is 0.0587. The number of anilines is 2. The second-order valence-corrected chi connectivity index (χ2v) is 10.9. The van der Waals surface area contributed by atoms with Gasteiger partial charge in [0.05, 0.1) is 30.6 Å². The number of benzene rings is 1. The molecule has 12 nitrogen and oxygen atoms in total. The molecule has 0 aliphatic heterocycles. The molecule has 0 unspecified atom stereocenters. The van der Waals surface area contributed by atoms with Crippen molar-refractivity contribution in [2.24, 2.45) is 21.1 Å². The Hall–Kier alpha value is -5.13. The molecular formula is C30H34N6O6. The molecule has 3 aromatic heterocycles. The van der Waals surface area contributed by atoms with Gasteiger partial charge in [0.2, 0.25) is 0 Å². The van der Waals surface area contributed by atoms with Gasteiger partial charge in [-0.1, -0.05) is 12.1 Å². The van der Waals surface area contributed by atoms with E-state index >= 15 is 0 Å². The number of methoxy groups -OCH3 is 1. The number of hydrogen-bond acceptors (Lipinski definition) is 7. The lowest BCUT2D eigenvalue weighted by Gasteiger charge is -2.19. The van der Waals surface area contributed by atoms with E-state index < -0.39 is 23.6 Å². The number of nitrogens with zero attached hydrogens (tertiary/aromatic N) is 4. The Morgan fingerprint density at radius 3 is 2.12 bits per heavy atom. The van der Waals surface area contributed by atoms with E-state index in [-0.39, 0.29) is 23.7 Å². The molecule has 1 aromatic carbocycles. The fourth-order valence-electron chi connectivity index (χ4n) is 4.37. The maximum atomic E-state index is 13.2. The summed E-state index contributed by atoms with van der Waals surface area (Å²) in [6.45, 7) is 5.39. The molecule has 0 atom stereocenters. The first-order chi connectivity index (χ1) is 19.7. The molecule has 0 fully saturated rings. The third-order valence-corrected chi connectivity index (χ3v) is 6.28.